The van der Waals surface area contributed by atoms with Gasteiger partial charge in [-0.15, -0.1) is 0 Å². The van der Waals surface area contributed by atoms with Crippen LogP contribution in [0.3, 0.4) is 0 Å². The third-order valence-electron chi connectivity index (χ3n) is 14.2. The lowest BCUT2D eigenvalue weighted by Gasteiger charge is -2.38. The molecule has 0 heterocycles. The summed E-state index contributed by atoms with van der Waals surface area (Å²) in [6.07, 6.45) is 0. The Morgan fingerprint density at radius 1 is 0.253 bits per heavy atom. The number of benzene rings is 10. The lowest BCUT2D eigenvalue weighted by molar-refractivity contribution is -0.387. The third kappa shape index (κ3) is 8.99. The number of halogens is 16. The highest BCUT2D eigenvalue weighted by molar-refractivity contribution is 6.15. The summed E-state index contributed by atoms with van der Waals surface area (Å²) in [4.78, 5) is 0. The molecule has 0 saturated carbocycles. The molecule has 404 valence electrons. The van der Waals surface area contributed by atoms with Gasteiger partial charge in [-0.05, 0) is 99.7 Å². The zero-order valence-corrected chi connectivity index (χ0v) is 40.5. The summed E-state index contributed by atoms with van der Waals surface area (Å²) in [7, 11) is 0. The molecule has 0 atom stereocenters. The molecule has 17 heteroatoms. The number of rotatable bonds is 16. The fourth-order valence-electron chi connectivity index (χ4n) is 9.72. The lowest BCUT2D eigenvalue weighted by Crippen LogP contribution is -2.63. The van der Waals surface area contributed by atoms with Gasteiger partial charge in [-0.1, -0.05) is 194 Å². The SMILES string of the molecule is FC(F)(COCC(F)(F)C(F)(F)C(F)(F)C(F)(F)c1ccc(-c2ccc(-c3cc4ccccc4c4ccccc34)cc2)cc1)C(F)(F)C(F)(F)C(F)(F)c1ccc(-c2ccc(-c3cc4ccccc4c4ccccc34)cc2)cc1. The summed E-state index contributed by atoms with van der Waals surface area (Å²) in [6.45, 7) is -6.94. The smallest absolute Gasteiger partial charge is 0.368 e. The van der Waals surface area contributed by atoms with Gasteiger partial charge in [0.15, 0.2) is 0 Å². The van der Waals surface area contributed by atoms with E-state index in [1.807, 2.05) is 109 Å². The Labute approximate surface area is 439 Å². The molecule has 0 unspecified atom stereocenters. The summed E-state index contributed by atoms with van der Waals surface area (Å²) in [5.41, 5.74) is 0.110. The first-order valence-corrected chi connectivity index (χ1v) is 24.1. The zero-order valence-electron chi connectivity index (χ0n) is 40.5. The van der Waals surface area contributed by atoms with E-state index in [1.165, 1.54) is 0 Å². The normalized spacial score (nSPS) is 13.5. The van der Waals surface area contributed by atoms with Crippen LogP contribution in [0.25, 0.3) is 87.6 Å². The molecule has 0 spiro atoms. The first-order chi connectivity index (χ1) is 37.2. The van der Waals surface area contributed by atoms with E-state index in [0.717, 1.165) is 89.6 Å². The van der Waals surface area contributed by atoms with Crippen LogP contribution in [0.5, 0.6) is 0 Å². The fraction of sp³-hybridized carbons (Fsp3) is 0.161. The molecule has 0 saturated heterocycles. The standard InChI is InChI=1S/C62H38F16O/c63-55(64,59(71,72)61(75,76)57(67,68)45-29-25-39(26-30-45)37-17-21-41(22-18-37)53-33-43-9-1-3-11-47(43)49-13-5-7-15-51(49)53)35-79-36-56(65,66)60(73,74)62(77,78)58(69,70)46-31-27-40(28-32-46)38-19-23-42(24-20-38)54-34-44-10-2-4-12-48(44)50-14-6-8-16-52(50)54/h1-34H,35-36H2. The van der Waals surface area contributed by atoms with Crippen LogP contribution in [0.2, 0.25) is 0 Å². The quantitative estimate of drug-likeness (QED) is 0.0692. The third-order valence-corrected chi connectivity index (χ3v) is 14.2. The van der Waals surface area contributed by atoms with Crippen molar-refractivity contribution in [3.63, 3.8) is 0 Å². The Morgan fingerprint density at radius 2 is 0.506 bits per heavy atom. The maximum atomic E-state index is 15.3. The number of hydrogen-bond donors (Lipinski definition) is 0. The van der Waals surface area contributed by atoms with Gasteiger partial charge in [0.05, 0.1) is 0 Å². The van der Waals surface area contributed by atoms with Crippen LogP contribution in [-0.4, -0.2) is 48.7 Å². The molecule has 0 amide bonds. The second-order valence-electron chi connectivity index (χ2n) is 19.0. The van der Waals surface area contributed by atoms with Gasteiger partial charge in [0, 0.05) is 11.1 Å². The van der Waals surface area contributed by atoms with Crippen molar-refractivity contribution in [2.45, 2.75) is 47.4 Å². The Balaban J connectivity index is 0.793. The molecule has 0 bridgehead atoms. The summed E-state index contributed by atoms with van der Waals surface area (Å²) in [5.74, 6) is -54.1. The number of hydrogen-bond acceptors (Lipinski definition) is 1. The molecule has 10 rings (SSSR count). The maximum absolute atomic E-state index is 15.3. The molecule has 0 fully saturated rings. The molecule has 10 aromatic rings. The van der Waals surface area contributed by atoms with Crippen LogP contribution >= 0.6 is 0 Å². The number of alkyl halides is 16. The average molecular weight is 1100 g/mol. The predicted molar refractivity (Wildman–Crippen MR) is 273 cm³/mol. The van der Waals surface area contributed by atoms with E-state index in [1.54, 1.807) is 48.5 Å². The first kappa shape index (κ1) is 54.4. The summed E-state index contributed by atoms with van der Waals surface area (Å²) >= 11 is 0. The summed E-state index contributed by atoms with van der Waals surface area (Å²) in [6, 6.07) is 51.6. The van der Waals surface area contributed by atoms with Gasteiger partial charge >= 0.3 is 47.4 Å². The Kier molecular flexibility index (Phi) is 13.4. The number of fused-ring (bicyclic) bond motifs is 6. The molecule has 1 nitrogen and oxygen atoms in total. The van der Waals surface area contributed by atoms with Crippen LogP contribution < -0.4 is 0 Å². The minimum Gasteiger partial charge on any atom is -0.368 e. The minimum absolute atomic E-state index is 0.0894. The van der Waals surface area contributed by atoms with Crippen molar-refractivity contribution in [3.05, 3.63) is 217 Å². The van der Waals surface area contributed by atoms with Gasteiger partial charge < -0.3 is 4.74 Å². The molecule has 0 N–H and O–H groups in total. The summed E-state index contributed by atoms with van der Waals surface area (Å²) in [5, 5.41) is 7.60. The Bertz CT molecular complexity index is 3620. The Hall–Kier alpha value is -7.92. The Morgan fingerprint density at radius 3 is 0.823 bits per heavy atom. The van der Waals surface area contributed by atoms with Crippen LogP contribution in [0.1, 0.15) is 11.1 Å². The molecular weight excluding hydrogens is 1060 g/mol. The van der Waals surface area contributed by atoms with Crippen LogP contribution in [0.15, 0.2) is 206 Å². The van der Waals surface area contributed by atoms with Crippen molar-refractivity contribution in [2.75, 3.05) is 13.2 Å². The van der Waals surface area contributed by atoms with Crippen LogP contribution in [0.4, 0.5) is 70.2 Å². The van der Waals surface area contributed by atoms with E-state index in [2.05, 4.69) is 4.74 Å². The highest BCUT2D eigenvalue weighted by Gasteiger charge is 2.82. The first-order valence-electron chi connectivity index (χ1n) is 24.1. The van der Waals surface area contributed by atoms with Crippen LogP contribution in [-0.2, 0) is 16.6 Å². The topological polar surface area (TPSA) is 9.23 Å². The molecule has 0 aliphatic heterocycles. The van der Waals surface area contributed by atoms with E-state index >= 15 is 35.1 Å². The molecule has 79 heavy (non-hydrogen) atoms. The van der Waals surface area contributed by atoms with E-state index < -0.39 is 71.7 Å². The van der Waals surface area contributed by atoms with Crippen molar-refractivity contribution in [3.8, 4) is 44.5 Å². The molecule has 0 radical (unpaired) electrons. The molecular formula is C62H38F16O. The second kappa shape index (κ2) is 19.5. The molecule has 10 aromatic carbocycles. The van der Waals surface area contributed by atoms with Gasteiger partial charge in [0.2, 0.25) is 0 Å². The van der Waals surface area contributed by atoms with Crippen LogP contribution in [0, 0.1) is 0 Å². The molecule has 0 aliphatic rings. The van der Waals surface area contributed by atoms with Gasteiger partial charge in [-0.2, -0.15) is 70.2 Å². The molecule has 0 aromatic heterocycles. The lowest BCUT2D eigenvalue weighted by atomic mass is 9.91. The van der Waals surface area contributed by atoms with Crippen molar-refractivity contribution in [1.29, 1.82) is 0 Å². The zero-order chi connectivity index (χ0) is 56.6. The van der Waals surface area contributed by atoms with Gasteiger partial charge in [-0.25, -0.2) is 0 Å². The molecule has 0 aliphatic carbocycles. The highest BCUT2D eigenvalue weighted by Crippen LogP contribution is 2.58. The predicted octanol–water partition coefficient (Wildman–Crippen LogP) is 19.7. The van der Waals surface area contributed by atoms with E-state index in [0.29, 0.717) is 11.1 Å². The van der Waals surface area contributed by atoms with Gasteiger partial charge in [0.1, 0.15) is 13.2 Å². The largest absolute Gasteiger partial charge is 0.382 e. The van der Waals surface area contributed by atoms with Gasteiger partial charge in [-0.3, -0.25) is 0 Å². The van der Waals surface area contributed by atoms with Crippen molar-refractivity contribution < 1.29 is 75.0 Å². The fourth-order valence-corrected chi connectivity index (χ4v) is 9.72. The van der Waals surface area contributed by atoms with Gasteiger partial charge in [0.25, 0.3) is 0 Å². The van der Waals surface area contributed by atoms with Crippen molar-refractivity contribution >= 4 is 43.1 Å². The van der Waals surface area contributed by atoms with E-state index in [-0.39, 0.29) is 35.4 Å². The van der Waals surface area contributed by atoms with Crippen molar-refractivity contribution in [2.24, 2.45) is 0 Å². The number of ether oxygens (including phenoxy) is 1. The highest BCUT2D eigenvalue weighted by atomic mass is 19.4. The van der Waals surface area contributed by atoms with E-state index in [4.69, 9.17) is 0 Å². The van der Waals surface area contributed by atoms with Crippen molar-refractivity contribution in [1.82, 2.24) is 0 Å². The maximum Gasteiger partial charge on any atom is 0.382 e. The summed E-state index contributed by atoms with van der Waals surface area (Å²) < 4.78 is 244. The average Bonchev–Trinajstić information content (AvgIpc) is 3.53. The second-order valence-corrected chi connectivity index (χ2v) is 19.0. The monoisotopic (exact) mass is 1100 g/mol. The minimum atomic E-state index is -7.22. The van der Waals surface area contributed by atoms with E-state index in [9.17, 15) is 35.1 Å².